The fourth-order valence-electron chi connectivity index (χ4n) is 1.90. The summed E-state index contributed by atoms with van der Waals surface area (Å²) in [6.07, 6.45) is 5.22. The molecule has 15 heavy (non-hydrogen) atoms. The second-order valence-corrected chi connectivity index (χ2v) is 3.81. The van der Waals surface area contributed by atoms with Crippen LogP contribution in [0.5, 0.6) is 0 Å². The van der Waals surface area contributed by atoms with Crippen molar-refractivity contribution in [1.82, 2.24) is 14.7 Å². The largest absolute Gasteiger partial charge is 0.352 e. The Morgan fingerprint density at radius 1 is 1.47 bits per heavy atom. The lowest BCUT2D eigenvalue weighted by atomic mass is 10.00. The lowest BCUT2D eigenvalue weighted by Gasteiger charge is -2.31. The van der Waals surface area contributed by atoms with Gasteiger partial charge in [-0.25, -0.2) is 0 Å². The molecule has 0 bridgehead atoms. The highest BCUT2D eigenvalue weighted by atomic mass is 16.1. The first-order valence-corrected chi connectivity index (χ1v) is 5.01. The lowest BCUT2D eigenvalue weighted by Crippen LogP contribution is -2.38. The van der Waals surface area contributed by atoms with Gasteiger partial charge in [-0.05, 0) is 12.8 Å². The van der Waals surface area contributed by atoms with E-state index in [-0.39, 0.29) is 5.81 Å². The zero-order chi connectivity index (χ0) is 10.8. The fourth-order valence-corrected chi connectivity index (χ4v) is 1.90. The van der Waals surface area contributed by atoms with Crippen LogP contribution < -0.4 is 5.46 Å². The molecule has 0 saturated carbocycles. The number of carbonyl (C=O) groups is 1. The number of nitrogens with zero attached hydrogens (tertiary/aromatic N) is 3. The summed E-state index contributed by atoms with van der Waals surface area (Å²) in [6, 6.07) is 0.331. The van der Waals surface area contributed by atoms with Crippen LogP contribution in [0.25, 0.3) is 0 Å². The number of rotatable bonds is 1. The molecule has 1 fully saturated rings. The summed E-state index contributed by atoms with van der Waals surface area (Å²) in [6.45, 7) is 1.39. The van der Waals surface area contributed by atoms with Crippen LogP contribution in [0, 0.1) is 0 Å². The third-order valence-electron chi connectivity index (χ3n) is 2.77. The molecule has 2 rings (SSSR count). The molecule has 0 aromatic carbocycles. The second kappa shape index (κ2) is 4.13. The third kappa shape index (κ3) is 2.25. The number of carbonyl (C=O) groups excluding carboxylic acids is 1. The first-order chi connectivity index (χ1) is 7.16. The molecular formula is C9H11B2N3O. The summed E-state index contributed by atoms with van der Waals surface area (Å²) in [5.41, 5.74) is 0.673. The molecule has 74 valence electrons. The Morgan fingerprint density at radius 2 is 2.13 bits per heavy atom. The molecule has 0 unspecified atom stereocenters. The van der Waals surface area contributed by atoms with Gasteiger partial charge in [-0.3, -0.25) is 9.48 Å². The van der Waals surface area contributed by atoms with Gasteiger partial charge < -0.3 is 4.90 Å². The number of likely N-dealkylation sites (tertiary alicyclic amines) is 1. The van der Waals surface area contributed by atoms with Crippen LogP contribution in [-0.2, 0) is 0 Å². The van der Waals surface area contributed by atoms with Crippen LogP contribution >= 0.6 is 0 Å². The van der Waals surface area contributed by atoms with Crippen molar-refractivity contribution in [1.29, 1.82) is 0 Å². The Bertz CT molecular complexity index is 358. The molecule has 1 aromatic heterocycles. The van der Waals surface area contributed by atoms with Gasteiger partial charge in [0.05, 0.1) is 6.04 Å². The van der Waals surface area contributed by atoms with Gasteiger partial charge in [-0.2, -0.15) is 5.10 Å². The molecule has 6 heteroatoms. The van der Waals surface area contributed by atoms with Gasteiger partial charge in [-0.15, -0.1) is 0 Å². The van der Waals surface area contributed by atoms with E-state index in [2.05, 4.69) is 5.10 Å². The minimum absolute atomic E-state index is 0.331. The van der Waals surface area contributed by atoms with Crippen molar-refractivity contribution >= 4 is 27.0 Å². The number of aromatic nitrogens is 2. The summed E-state index contributed by atoms with van der Waals surface area (Å²) in [4.78, 5) is 12.6. The van der Waals surface area contributed by atoms with Crippen molar-refractivity contribution in [3.8, 4) is 0 Å². The zero-order valence-corrected chi connectivity index (χ0v) is 8.47. The zero-order valence-electron chi connectivity index (χ0n) is 8.47. The highest BCUT2D eigenvalue weighted by Gasteiger charge is 2.21. The first-order valence-electron chi connectivity index (χ1n) is 5.01. The van der Waals surface area contributed by atoms with Crippen molar-refractivity contribution in [3.63, 3.8) is 0 Å². The van der Waals surface area contributed by atoms with Crippen LogP contribution in [0.15, 0.2) is 12.4 Å². The minimum atomic E-state index is -0.339. The van der Waals surface area contributed by atoms with E-state index in [0.717, 1.165) is 12.8 Å². The number of piperidine rings is 1. The quantitative estimate of drug-likeness (QED) is 0.577. The van der Waals surface area contributed by atoms with Crippen LogP contribution in [-0.4, -0.2) is 49.3 Å². The van der Waals surface area contributed by atoms with Gasteiger partial charge in [0.1, 0.15) is 7.85 Å². The first kappa shape index (κ1) is 10.3. The summed E-state index contributed by atoms with van der Waals surface area (Å²) in [5.74, 6) is -0.339. The maximum Gasteiger partial charge on any atom is 0.200 e. The van der Waals surface area contributed by atoms with Crippen molar-refractivity contribution < 1.29 is 4.79 Å². The van der Waals surface area contributed by atoms with E-state index >= 15 is 0 Å². The maximum absolute atomic E-state index is 10.9. The topological polar surface area (TPSA) is 38.1 Å². The van der Waals surface area contributed by atoms with E-state index in [1.165, 1.54) is 0 Å². The maximum atomic E-state index is 10.9. The molecule has 0 N–H and O–H groups in total. The van der Waals surface area contributed by atoms with Gasteiger partial charge in [-0.1, -0.05) is 5.46 Å². The highest BCUT2D eigenvalue weighted by molar-refractivity contribution is 6.56. The number of hydrogen-bond donors (Lipinski definition) is 0. The van der Waals surface area contributed by atoms with Crippen molar-refractivity contribution in [2.75, 3.05) is 13.1 Å². The molecule has 4 radical (unpaired) electrons. The molecule has 0 aliphatic carbocycles. The van der Waals surface area contributed by atoms with E-state index < -0.39 is 0 Å². The smallest absolute Gasteiger partial charge is 0.200 e. The van der Waals surface area contributed by atoms with E-state index in [1.807, 2.05) is 10.9 Å². The van der Waals surface area contributed by atoms with Crippen LogP contribution in [0.1, 0.15) is 18.9 Å². The molecule has 1 aliphatic heterocycles. The third-order valence-corrected chi connectivity index (χ3v) is 2.77. The standard InChI is InChI=1S/C9H11B2N3O/c10-7-5-12-14(6-7)8-1-3-13(4-2-8)9(11)15/h5-6,8H,1-4H2. The molecule has 1 aromatic rings. The van der Waals surface area contributed by atoms with E-state index in [4.69, 9.17) is 15.7 Å². The normalized spacial score (nSPS) is 18.0. The molecule has 1 amide bonds. The summed E-state index contributed by atoms with van der Waals surface area (Å²) >= 11 is 0. The average molecular weight is 199 g/mol. The summed E-state index contributed by atoms with van der Waals surface area (Å²) in [7, 11) is 10.8. The SMILES string of the molecule is [B]C(=O)N1CCC(n2cc([B])cn2)CC1. The predicted molar refractivity (Wildman–Crippen MR) is 58.6 cm³/mol. The fraction of sp³-hybridized carbons (Fsp3) is 0.556. The van der Waals surface area contributed by atoms with Gasteiger partial charge in [0.15, 0.2) is 5.81 Å². The van der Waals surface area contributed by atoms with E-state index in [0.29, 0.717) is 24.6 Å². The Hall–Kier alpha value is -1.19. The Kier molecular flexibility index (Phi) is 2.84. The Labute approximate surface area is 91.4 Å². The monoisotopic (exact) mass is 199 g/mol. The van der Waals surface area contributed by atoms with Crippen LogP contribution in [0.3, 0.4) is 0 Å². The second-order valence-electron chi connectivity index (χ2n) is 3.81. The molecule has 4 nitrogen and oxygen atoms in total. The predicted octanol–water partition coefficient (Wildman–Crippen LogP) is -0.398. The van der Waals surface area contributed by atoms with Crippen molar-refractivity contribution in [2.45, 2.75) is 18.9 Å². The highest BCUT2D eigenvalue weighted by Crippen LogP contribution is 2.20. The lowest BCUT2D eigenvalue weighted by molar-refractivity contribution is 0.189. The molecule has 0 spiro atoms. The van der Waals surface area contributed by atoms with Gasteiger partial charge in [0.2, 0.25) is 7.85 Å². The van der Waals surface area contributed by atoms with Crippen molar-refractivity contribution in [3.05, 3.63) is 12.4 Å². The van der Waals surface area contributed by atoms with Crippen LogP contribution in [0.4, 0.5) is 4.79 Å². The summed E-state index contributed by atoms with van der Waals surface area (Å²) in [5, 5.41) is 4.17. The summed E-state index contributed by atoms with van der Waals surface area (Å²) < 4.78 is 1.87. The molecular weight excluding hydrogens is 188 g/mol. The molecule has 0 atom stereocenters. The van der Waals surface area contributed by atoms with Gasteiger partial charge in [0.25, 0.3) is 0 Å². The molecule has 1 saturated heterocycles. The van der Waals surface area contributed by atoms with Crippen molar-refractivity contribution in [2.24, 2.45) is 0 Å². The van der Waals surface area contributed by atoms with Gasteiger partial charge in [0, 0.05) is 25.5 Å². The van der Waals surface area contributed by atoms with E-state index in [9.17, 15) is 4.79 Å². The van der Waals surface area contributed by atoms with E-state index in [1.54, 1.807) is 11.1 Å². The Morgan fingerprint density at radius 3 is 2.60 bits per heavy atom. The minimum Gasteiger partial charge on any atom is -0.352 e. The van der Waals surface area contributed by atoms with Crippen LogP contribution in [0.2, 0.25) is 0 Å². The number of amides is 1. The number of hydrogen-bond acceptors (Lipinski definition) is 2. The van der Waals surface area contributed by atoms with Gasteiger partial charge >= 0.3 is 0 Å². The molecule has 1 aliphatic rings. The Balaban J connectivity index is 1.96. The average Bonchev–Trinajstić information content (AvgIpc) is 2.65. The molecule has 2 heterocycles.